The summed E-state index contributed by atoms with van der Waals surface area (Å²) < 4.78 is 12.6. The minimum absolute atomic E-state index is 0.0708. The van der Waals surface area contributed by atoms with Gasteiger partial charge in [-0.15, -0.1) is 0 Å². The number of methoxy groups -OCH3 is 1. The van der Waals surface area contributed by atoms with Gasteiger partial charge >= 0.3 is 6.03 Å². The first-order valence-electron chi connectivity index (χ1n) is 18.8. The molecule has 0 unspecified atom stereocenters. The Bertz CT molecular complexity index is 2480. The summed E-state index contributed by atoms with van der Waals surface area (Å²) in [6, 6.07) is 41.6. The van der Waals surface area contributed by atoms with Gasteiger partial charge in [0, 0.05) is 30.6 Å². The number of hydrogen-bond acceptors (Lipinski definition) is 6. The van der Waals surface area contributed by atoms with Crippen LogP contribution < -0.4 is 24.6 Å². The van der Waals surface area contributed by atoms with Crippen LogP contribution in [0.5, 0.6) is 11.5 Å². The molecule has 9 heteroatoms. The van der Waals surface area contributed by atoms with Crippen molar-refractivity contribution in [3.63, 3.8) is 0 Å². The summed E-state index contributed by atoms with van der Waals surface area (Å²) >= 11 is 3.64. The quantitative estimate of drug-likeness (QED) is 0.122. The van der Waals surface area contributed by atoms with E-state index in [4.69, 9.17) is 9.47 Å². The lowest BCUT2D eigenvalue weighted by molar-refractivity contribution is -0.122. The van der Waals surface area contributed by atoms with Crippen molar-refractivity contribution in [1.82, 2.24) is 5.32 Å². The van der Waals surface area contributed by atoms with Gasteiger partial charge in [0.1, 0.15) is 12.2 Å². The monoisotopic (exact) mass is 803 g/mol. The number of urea groups is 1. The standard InChI is InChI=1S/C47H38BrN3O5/c1-55-42-25-29(24-41(48)44(42)56-28-33-17-10-16-30-15-8-9-18-35(30)33)23-40-45(52)49-47(54)51(46(40)53)34-26-38-36(31-11-4-2-5-12-31)19-21-50-22-20-37(39(27-34)43(38)50)32-13-6-3-7-14-32/h2-18,23-27,36-37H,19-22,28H2,1H3,(H,49,52,54)/b40-23+/t36-,37+. The average Bonchev–Trinajstić information content (AvgIpc) is 3.22. The summed E-state index contributed by atoms with van der Waals surface area (Å²) in [5, 5.41) is 4.66. The van der Waals surface area contributed by atoms with E-state index in [0.29, 0.717) is 33.8 Å². The van der Waals surface area contributed by atoms with Gasteiger partial charge in [-0.25, -0.2) is 9.69 Å². The maximum Gasteiger partial charge on any atom is 0.335 e. The van der Waals surface area contributed by atoms with Crippen LogP contribution in [0.4, 0.5) is 16.2 Å². The highest BCUT2D eigenvalue weighted by molar-refractivity contribution is 9.10. The van der Waals surface area contributed by atoms with E-state index in [1.54, 1.807) is 12.1 Å². The van der Waals surface area contributed by atoms with Crippen molar-refractivity contribution in [1.29, 1.82) is 0 Å². The lowest BCUT2D eigenvalue weighted by Gasteiger charge is -2.44. The highest BCUT2D eigenvalue weighted by atomic mass is 79.9. The van der Waals surface area contributed by atoms with Gasteiger partial charge in [-0.2, -0.15) is 0 Å². The third kappa shape index (κ3) is 6.41. The van der Waals surface area contributed by atoms with Crippen molar-refractivity contribution in [3.8, 4) is 11.5 Å². The Kier molecular flexibility index (Phi) is 9.39. The van der Waals surface area contributed by atoms with Crippen molar-refractivity contribution in [3.05, 3.63) is 171 Å². The molecule has 0 radical (unpaired) electrons. The fourth-order valence-corrected chi connectivity index (χ4v) is 9.13. The molecule has 9 rings (SSSR count). The fraction of sp³-hybridized carbons (Fsp3) is 0.170. The molecule has 3 aliphatic rings. The van der Waals surface area contributed by atoms with Gasteiger partial charge in [0.15, 0.2) is 11.5 Å². The van der Waals surface area contributed by atoms with Gasteiger partial charge in [-0.1, -0.05) is 103 Å². The van der Waals surface area contributed by atoms with Crippen molar-refractivity contribution < 1.29 is 23.9 Å². The van der Waals surface area contributed by atoms with Gasteiger partial charge in [0.2, 0.25) is 0 Å². The number of barbiturate groups is 1. The maximum atomic E-state index is 14.5. The first kappa shape index (κ1) is 35.5. The molecule has 3 heterocycles. The van der Waals surface area contributed by atoms with Crippen LogP contribution >= 0.6 is 15.9 Å². The lowest BCUT2D eigenvalue weighted by Crippen LogP contribution is -2.54. The molecule has 3 aliphatic heterocycles. The van der Waals surface area contributed by atoms with Crippen molar-refractivity contribution in [2.24, 2.45) is 0 Å². The Labute approximate surface area is 333 Å². The number of anilines is 2. The molecule has 8 nitrogen and oxygen atoms in total. The molecule has 6 aromatic carbocycles. The van der Waals surface area contributed by atoms with Gasteiger partial charge in [0.25, 0.3) is 11.8 Å². The first-order valence-corrected chi connectivity index (χ1v) is 19.6. The zero-order valence-electron chi connectivity index (χ0n) is 30.7. The molecule has 0 spiro atoms. The van der Waals surface area contributed by atoms with E-state index in [2.05, 4.69) is 68.6 Å². The number of nitrogens with one attached hydrogen (secondary N) is 1. The predicted octanol–water partition coefficient (Wildman–Crippen LogP) is 9.73. The molecule has 0 bridgehead atoms. The molecule has 0 saturated carbocycles. The molecule has 1 fully saturated rings. The highest BCUT2D eigenvalue weighted by Gasteiger charge is 2.40. The lowest BCUT2D eigenvalue weighted by atomic mass is 9.76. The second-order valence-electron chi connectivity index (χ2n) is 14.4. The molecule has 1 N–H and O–H groups in total. The van der Waals surface area contributed by atoms with E-state index in [9.17, 15) is 14.4 Å². The molecule has 0 aromatic heterocycles. The van der Waals surface area contributed by atoms with E-state index in [-0.39, 0.29) is 17.4 Å². The number of imide groups is 2. The van der Waals surface area contributed by atoms with E-state index in [0.717, 1.165) is 58.3 Å². The number of halogens is 1. The SMILES string of the molecule is COc1cc(/C=C2\C(=O)NC(=O)N(c3cc4c5c(c3)[C@H](c3ccccc3)CCN5CC[C@@H]4c3ccccc3)C2=O)cc(Br)c1OCc1cccc2ccccc12. The topological polar surface area (TPSA) is 88.2 Å². The van der Waals surface area contributed by atoms with Crippen LogP contribution in [-0.4, -0.2) is 38.0 Å². The average molecular weight is 805 g/mol. The minimum Gasteiger partial charge on any atom is -0.493 e. The summed E-state index contributed by atoms with van der Waals surface area (Å²) in [6.07, 6.45) is 3.29. The van der Waals surface area contributed by atoms with Crippen LogP contribution in [0, 0.1) is 0 Å². The number of fused-ring (bicyclic) bond motifs is 1. The molecule has 278 valence electrons. The second-order valence-corrected chi connectivity index (χ2v) is 15.2. The van der Waals surface area contributed by atoms with E-state index in [1.807, 2.05) is 72.8 Å². The normalized spacial score (nSPS) is 18.5. The number of carbonyl (C=O) groups excluding carboxylic acids is 3. The second kappa shape index (κ2) is 14.8. The highest BCUT2D eigenvalue weighted by Crippen LogP contribution is 2.50. The summed E-state index contributed by atoms with van der Waals surface area (Å²) in [4.78, 5) is 45.2. The maximum absolute atomic E-state index is 14.5. The Balaban J connectivity index is 1.09. The van der Waals surface area contributed by atoms with E-state index in [1.165, 1.54) is 30.0 Å². The van der Waals surface area contributed by atoms with Gasteiger partial charge in [0.05, 0.1) is 17.3 Å². The summed E-state index contributed by atoms with van der Waals surface area (Å²) in [6.45, 7) is 2.12. The summed E-state index contributed by atoms with van der Waals surface area (Å²) in [5.41, 5.74) is 7.49. The van der Waals surface area contributed by atoms with Crippen molar-refractivity contribution in [2.75, 3.05) is 30.0 Å². The fourth-order valence-electron chi connectivity index (χ4n) is 8.56. The Morgan fingerprint density at radius 3 is 2.05 bits per heavy atom. The molecule has 1 saturated heterocycles. The molecular formula is C47H38BrN3O5. The van der Waals surface area contributed by atoms with Gasteiger partial charge in [-0.05, 0) is 103 Å². The predicted molar refractivity (Wildman–Crippen MR) is 222 cm³/mol. The zero-order chi connectivity index (χ0) is 38.3. The van der Waals surface area contributed by atoms with Crippen LogP contribution in [0.1, 0.15) is 58.1 Å². The van der Waals surface area contributed by atoms with Crippen molar-refractivity contribution in [2.45, 2.75) is 31.3 Å². The Hall–Kier alpha value is -6.19. The summed E-state index contributed by atoms with van der Waals surface area (Å²) in [5.74, 6) is -0.425. The Morgan fingerprint density at radius 2 is 1.39 bits per heavy atom. The van der Waals surface area contributed by atoms with Crippen molar-refractivity contribution >= 4 is 62.0 Å². The number of amides is 4. The smallest absolute Gasteiger partial charge is 0.335 e. The molecule has 56 heavy (non-hydrogen) atoms. The minimum atomic E-state index is -0.781. The molecule has 6 aromatic rings. The third-order valence-electron chi connectivity index (χ3n) is 11.2. The third-order valence-corrected chi connectivity index (χ3v) is 11.8. The molecule has 2 atom stereocenters. The van der Waals surface area contributed by atoms with Gasteiger partial charge < -0.3 is 14.4 Å². The Morgan fingerprint density at radius 1 is 0.768 bits per heavy atom. The number of hydrogen-bond donors (Lipinski definition) is 1. The molecule has 0 aliphatic carbocycles. The zero-order valence-corrected chi connectivity index (χ0v) is 32.3. The molecule has 4 amide bonds. The van der Waals surface area contributed by atoms with E-state index >= 15 is 0 Å². The number of benzene rings is 6. The van der Waals surface area contributed by atoms with Crippen LogP contribution in [-0.2, 0) is 16.2 Å². The largest absolute Gasteiger partial charge is 0.493 e. The van der Waals surface area contributed by atoms with Gasteiger partial charge in [-0.3, -0.25) is 14.9 Å². The number of ether oxygens (including phenoxy) is 2. The number of nitrogens with zero attached hydrogens (tertiary/aromatic N) is 2. The first-order chi connectivity index (χ1) is 27.4. The van der Waals surface area contributed by atoms with Crippen LogP contribution in [0.25, 0.3) is 16.8 Å². The molecular weight excluding hydrogens is 766 g/mol. The van der Waals surface area contributed by atoms with E-state index < -0.39 is 17.8 Å². The van der Waals surface area contributed by atoms with Crippen LogP contribution in [0.2, 0.25) is 0 Å². The number of rotatable bonds is 8. The van der Waals surface area contributed by atoms with Crippen LogP contribution in [0.15, 0.2) is 137 Å². The summed E-state index contributed by atoms with van der Waals surface area (Å²) in [7, 11) is 1.54. The van der Waals surface area contributed by atoms with Crippen LogP contribution in [0.3, 0.4) is 0 Å². The number of carbonyl (C=O) groups is 3.